The molecule has 2 aliphatic heterocycles. The number of carbonyl (C=O) groups is 2. The summed E-state index contributed by atoms with van der Waals surface area (Å²) in [7, 11) is 1.76. The van der Waals surface area contributed by atoms with Gasteiger partial charge in [0.2, 0.25) is 5.91 Å². The van der Waals surface area contributed by atoms with Gasteiger partial charge in [0.15, 0.2) is 5.79 Å². The van der Waals surface area contributed by atoms with Gasteiger partial charge in [0.05, 0.1) is 19.6 Å². The van der Waals surface area contributed by atoms with Crippen molar-refractivity contribution in [3.05, 3.63) is 65.0 Å². The predicted molar refractivity (Wildman–Crippen MR) is 100 cm³/mol. The molecule has 6 nitrogen and oxygen atoms in total. The normalized spacial score (nSPS) is 17.6. The highest BCUT2D eigenvalue weighted by molar-refractivity contribution is 6.01. The van der Waals surface area contributed by atoms with Crippen LogP contribution in [-0.2, 0) is 26.5 Å². The van der Waals surface area contributed by atoms with Gasteiger partial charge in [-0.15, -0.1) is 0 Å². The Balaban J connectivity index is 1.48. The predicted octanol–water partition coefficient (Wildman–Crippen LogP) is 2.36. The number of benzene rings is 2. The molecule has 1 saturated heterocycles. The maximum absolute atomic E-state index is 13.3. The number of carbonyl (C=O) groups excluding carboxylic acids is 2. The first-order chi connectivity index (χ1) is 13.5. The van der Waals surface area contributed by atoms with Gasteiger partial charge in [0, 0.05) is 36.8 Å². The summed E-state index contributed by atoms with van der Waals surface area (Å²) in [5.74, 6) is -1.72. The fourth-order valence-electron chi connectivity index (χ4n) is 3.69. The van der Waals surface area contributed by atoms with Crippen LogP contribution in [0.1, 0.15) is 27.9 Å². The minimum absolute atomic E-state index is 0.0526. The Morgan fingerprint density at radius 2 is 2.00 bits per heavy atom. The second-order valence-electron chi connectivity index (χ2n) is 6.94. The number of nitrogens with zero attached hydrogens (tertiary/aromatic N) is 1. The van der Waals surface area contributed by atoms with E-state index in [0.29, 0.717) is 32.6 Å². The van der Waals surface area contributed by atoms with E-state index in [1.165, 1.54) is 18.2 Å². The molecule has 28 heavy (non-hydrogen) atoms. The SMILES string of the molecule is CN1C(=O)Cc2cc(C3(CCNC(=O)c4cccc(F)c4)OCCO3)ccc21. The van der Waals surface area contributed by atoms with Gasteiger partial charge in [-0.05, 0) is 35.9 Å². The van der Waals surface area contributed by atoms with Gasteiger partial charge in [-0.3, -0.25) is 9.59 Å². The van der Waals surface area contributed by atoms with Crippen molar-refractivity contribution < 1.29 is 23.5 Å². The summed E-state index contributed by atoms with van der Waals surface area (Å²) >= 11 is 0. The smallest absolute Gasteiger partial charge is 0.251 e. The van der Waals surface area contributed by atoms with Crippen LogP contribution >= 0.6 is 0 Å². The Morgan fingerprint density at radius 3 is 2.75 bits per heavy atom. The highest BCUT2D eigenvalue weighted by atomic mass is 19.1. The molecule has 0 unspecified atom stereocenters. The zero-order valence-corrected chi connectivity index (χ0v) is 15.5. The van der Waals surface area contributed by atoms with E-state index in [2.05, 4.69) is 5.32 Å². The van der Waals surface area contributed by atoms with Gasteiger partial charge < -0.3 is 19.7 Å². The number of likely N-dealkylation sites (N-methyl/N-ethyl adjacent to an activating group) is 1. The molecule has 1 N–H and O–H groups in total. The molecule has 0 bridgehead atoms. The monoisotopic (exact) mass is 384 g/mol. The minimum Gasteiger partial charge on any atom is -0.352 e. The van der Waals surface area contributed by atoms with Crippen molar-refractivity contribution in [2.75, 3.05) is 31.7 Å². The van der Waals surface area contributed by atoms with E-state index in [-0.39, 0.29) is 17.4 Å². The van der Waals surface area contributed by atoms with E-state index >= 15 is 0 Å². The zero-order chi connectivity index (χ0) is 19.7. The second-order valence-corrected chi connectivity index (χ2v) is 6.94. The Hall–Kier alpha value is -2.77. The van der Waals surface area contributed by atoms with Crippen LogP contribution in [0.3, 0.4) is 0 Å². The topological polar surface area (TPSA) is 67.9 Å². The fraction of sp³-hybridized carbons (Fsp3) is 0.333. The third-order valence-electron chi connectivity index (χ3n) is 5.18. The van der Waals surface area contributed by atoms with E-state index in [1.54, 1.807) is 18.0 Å². The van der Waals surface area contributed by atoms with Crippen molar-refractivity contribution in [3.8, 4) is 0 Å². The third kappa shape index (κ3) is 3.39. The van der Waals surface area contributed by atoms with Crippen LogP contribution in [0.15, 0.2) is 42.5 Å². The number of rotatable bonds is 5. The lowest BCUT2D eigenvalue weighted by atomic mass is 9.98. The number of hydrogen-bond donors (Lipinski definition) is 1. The molecular weight excluding hydrogens is 363 g/mol. The molecule has 0 atom stereocenters. The van der Waals surface area contributed by atoms with E-state index < -0.39 is 11.6 Å². The summed E-state index contributed by atoms with van der Waals surface area (Å²) < 4.78 is 25.1. The largest absolute Gasteiger partial charge is 0.352 e. The summed E-state index contributed by atoms with van der Waals surface area (Å²) in [6.07, 6.45) is 0.753. The first kappa shape index (κ1) is 18.6. The fourth-order valence-corrected chi connectivity index (χ4v) is 3.69. The first-order valence-electron chi connectivity index (χ1n) is 9.20. The second kappa shape index (κ2) is 7.33. The molecule has 2 aromatic carbocycles. The average Bonchev–Trinajstić information content (AvgIpc) is 3.27. The molecule has 7 heteroatoms. The summed E-state index contributed by atoms with van der Waals surface area (Å²) in [5.41, 5.74) is 2.92. The van der Waals surface area contributed by atoms with Crippen LogP contribution in [0, 0.1) is 5.82 Å². The summed E-state index contributed by atoms with van der Waals surface area (Å²) in [6, 6.07) is 11.3. The van der Waals surface area contributed by atoms with E-state index in [4.69, 9.17) is 9.47 Å². The molecule has 0 aliphatic carbocycles. The summed E-state index contributed by atoms with van der Waals surface area (Å²) in [6.45, 7) is 1.20. The Kier molecular flexibility index (Phi) is 4.87. The number of hydrogen-bond acceptors (Lipinski definition) is 4. The van der Waals surface area contributed by atoms with Crippen molar-refractivity contribution in [3.63, 3.8) is 0 Å². The Morgan fingerprint density at radius 1 is 1.21 bits per heavy atom. The van der Waals surface area contributed by atoms with Crippen LogP contribution < -0.4 is 10.2 Å². The van der Waals surface area contributed by atoms with Crippen molar-refractivity contribution in [2.45, 2.75) is 18.6 Å². The van der Waals surface area contributed by atoms with Crippen LogP contribution in [0.2, 0.25) is 0 Å². The first-order valence-corrected chi connectivity index (χ1v) is 9.20. The van der Waals surface area contributed by atoms with Crippen LogP contribution in [0.5, 0.6) is 0 Å². The van der Waals surface area contributed by atoms with E-state index in [9.17, 15) is 14.0 Å². The molecule has 0 saturated carbocycles. The molecule has 0 spiro atoms. The zero-order valence-electron chi connectivity index (χ0n) is 15.5. The van der Waals surface area contributed by atoms with Crippen molar-refractivity contribution in [1.29, 1.82) is 0 Å². The summed E-state index contributed by atoms with van der Waals surface area (Å²) in [5, 5.41) is 2.79. The molecule has 1 fully saturated rings. The van der Waals surface area contributed by atoms with Gasteiger partial charge in [-0.2, -0.15) is 0 Å². The Labute approximate surface area is 162 Å². The average molecular weight is 384 g/mol. The van der Waals surface area contributed by atoms with Crippen molar-refractivity contribution in [1.82, 2.24) is 5.32 Å². The number of ether oxygens (including phenoxy) is 2. The molecule has 0 aromatic heterocycles. The molecule has 2 aliphatic rings. The minimum atomic E-state index is -0.964. The van der Waals surface area contributed by atoms with Gasteiger partial charge in [-0.1, -0.05) is 12.1 Å². The van der Waals surface area contributed by atoms with Crippen LogP contribution in [0.4, 0.5) is 10.1 Å². The number of anilines is 1. The molecular formula is C21H21FN2O4. The highest BCUT2D eigenvalue weighted by Crippen LogP contribution is 2.38. The van der Waals surface area contributed by atoms with E-state index in [0.717, 1.165) is 16.8 Å². The van der Waals surface area contributed by atoms with Gasteiger partial charge >= 0.3 is 0 Å². The lowest BCUT2D eigenvalue weighted by Crippen LogP contribution is -2.34. The molecule has 146 valence electrons. The molecule has 2 amide bonds. The lowest BCUT2D eigenvalue weighted by Gasteiger charge is -2.28. The molecule has 0 radical (unpaired) electrons. The van der Waals surface area contributed by atoms with Crippen LogP contribution in [0.25, 0.3) is 0 Å². The van der Waals surface area contributed by atoms with Crippen LogP contribution in [-0.4, -0.2) is 38.6 Å². The number of halogens is 1. The third-order valence-corrected chi connectivity index (χ3v) is 5.18. The maximum Gasteiger partial charge on any atom is 0.251 e. The Bertz CT molecular complexity index is 924. The lowest BCUT2D eigenvalue weighted by molar-refractivity contribution is -0.169. The standard InChI is InChI=1S/C21H21FN2O4/c1-24-18-6-5-16(11-15(18)13-19(24)25)21(27-9-10-28-21)7-8-23-20(26)14-3-2-4-17(22)12-14/h2-6,11-12H,7-10,13H2,1H3,(H,23,26). The molecule has 2 heterocycles. The van der Waals surface area contributed by atoms with Gasteiger partial charge in [0.25, 0.3) is 5.91 Å². The van der Waals surface area contributed by atoms with Crippen molar-refractivity contribution >= 4 is 17.5 Å². The summed E-state index contributed by atoms with van der Waals surface area (Å²) in [4.78, 5) is 25.8. The van der Waals surface area contributed by atoms with Gasteiger partial charge in [0.1, 0.15) is 5.82 Å². The quantitative estimate of drug-likeness (QED) is 0.860. The highest BCUT2D eigenvalue weighted by Gasteiger charge is 2.39. The number of fused-ring (bicyclic) bond motifs is 1. The number of nitrogens with one attached hydrogen (secondary N) is 1. The van der Waals surface area contributed by atoms with Crippen molar-refractivity contribution in [2.24, 2.45) is 0 Å². The van der Waals surface area contributed by atoms with E-state index in [1.807, 2.05) is 18.2 Å². The number of amides is 2. The molecule has 4 rings (SSSR count). The molecule has 2 aromatic rings. The maximum atomic E-state index is 13.3. The van der Waals surface area contributed by atoms with Gasteiger partial charge in [-0.25, -0.2) is 4.39 Å².